The second-order valence-electron chi connectivity index (χ2n) is 3.55. The molecule has 0 bridgehead atoms. The summed E-state index contributed by atoms with van der Waals surface area (Å²) in [6.45, 7) is 0. The Bertz CT molecular complexity index is 328. The fourth-order valence-electron chi connectivity index (χ4n) is 1.58. The SMILES string of the molecule is CNC(c1ccc(OC)c(F)c1)N(C)C. The first-order valence-electron chi connectivity index (χ1n) is 4.77. The maximum Gasteiger partial charge on any atom is 0.165 e. The van der Waals surface area contributed by atoms with Crippen LogP contribution in [-0.4, -0.2) is 33.2 Å². The average molecular weight is 212 g/mol. The lowest BCUT2D eigenvalue weighted by atomic mass is 10.1. The molecule has 0 aliphatic carbocycles. The molecule has 1 N–H and O–H groups in total. The average Bonchev–Trinajstić information content (AvgIpc) is 2.18. The smallest absolute Gasteiger partial charge is 0.165 e. The van der Waals surface area contributed by atoms with Gasteiger partial charge in [-0.2, -0.15) is 0 Å². The van der Waals surface area contributed by atoms with Gasteiger partial charge in [-0.05, 0) is 38.8 Å². The highest BCUT2D eigenvalue weighted by Crippen LogP contribution is 2.22. The van der Waals surface area contributed by atoms with Crippen molar-refractivity contribution in [3.63, 3.8) is 0 Å². The van der Waals surface area contributed by atoms with Gasteiger partial charge in [-0.15, -0.1) is 0 Å². The molecule has 15 heavy (non-hydrogen) atoms. The number of benzene rings is 1. The van der Waals surface area contributed by atoms with Crippen LogP contribution in [0.3, 0.4) is 0 Å². The van der Waals surface area contributed by atoms with Crippen molar-refractivity contribution in [2.45, 2.75) is 6.17 Å². The largest absolute Gasteiger partial charge is 0.494 e. The first-order chi connectivity index (χ1) is 7.10. The zero-order valence-corrected chi connectivity index (χ0v) is 9.54. The van der Waals surface area contributed by atoms with Gasteiger partial charge in [0, 0.05) is 0 Å². The van der Waals surface area contributed by atoms with E-state index in [4.69, 9.17) is 4.74 Å². The topological polar surface area (TPSA) is 24.5 Å². The van der Waals surface area contributed by atoms with Gasteiger partial charge < -0.3 is 10.1 Å². The van der Waals surface area contributed by atoms with Gasteiger partial charge in [0.15, 0.2) is 11.6 Å². The Morgan fingerprint density at radius 2 is 2.07 bits per heavy atom. The van der Waals surface area contributed by atoms with Crippen LogP contribution in [0.1, 0.15) is 11.7 Å². The Hall–Kier alpha value is -1.13. The van der Waals surface area contributed by atoms with Gasteiger partial charge in [0.05, 0.1) is 13.3 Å². The quantitative estimate of drug-likeness (QED) is 0.767. The molecule has 0 aliphatic heterocycles. The Kier molecular flexibility index (Phi) is 4.05. The van der Waals surface area contributed by atoms with E-state index in [0.717, 1.165) is 5.56 Å². The van der Waals surface area contributed by atoms with Crippen molar-refractivity contribution in [3.05, 3.63) is 29.6 Å². The number of methoxy groups -OCH3 is 1. The molecule has 0 fully saturated rings. The molecular formula is C11H17FN2O. The fraction of sp³-hybridized carbons (Fsp3) is 0.455. The Labute approximate surface area is 89.8 Å². The lowest BCUT2D eigenvalue weighted by molar-refractivity contribution is 0.263. The van der Waals surface area contributed by atoms with Gasteiger partial charge in [-0.3, -0.25) is 4.90 Å². The first kappa shape index (κ1) is 11.9. The highest BCUT2D eigenvalue weighted by Gasteiger charge is 2.13. The standard InChI is InChI=1S/C11H17FN2O/c1-13-11(14(2)3)8-5-6-10(15-4)9(12)7-8/h5-7,11,13H,1-4H3. The number of rotatable bonds is 4. The third kappa shape index (κ3) is 2.67. The number of ether oxygens (including phenoxy) is 1. The van der Waals surface area contributed by atoms with Gasteiger partial charge in [-0.1, -0.05) is 6.07 Å². The molecule has 0 aliphatic rings. The molecule has 1 unspecified atom stereocenters. The Morgan fingerprint density at radius 3 is 2.47 bits per heavy atom. The van der Waals surface area contributed by atoms with Crippen LogP contribution in [-0.2, 0) is 0 Å². The molecule has 0 saturated heterocycles. The minimum absolute atomic E-state index is 0.00501. The van der Waals surface area contributed by atoms with Gasteiger partial charge in [-0.25, -0.2) is 4.39 Å². The van der Waals surface area contributed by atoms with Crippen molar-refractivity contribution in [1.29, 1.82) is 0 Å². The fourth-order valence-corrected chi connectivity index (χ4v) is 1.58. The van der Waals surface area contributed by atoms with Crippen molar-refractivity contribution in [3.8, 4) is 5.75 Å². The maximum atomic E-state index is 13.4. The number of nitrogens with one attached hydrogen (secondary N) is 1. The van der Waals surface area contributed by atoms with Crippen LogP contribution < -0.4 is 10.1 Å². The predicted octanol–water partition coefficient (Wildman–Crippen LogP) is 1.61. The van der Waals surface area contributed by atoms with Crippen LogP contribution >= 0.6 is 0 Å². The summed E-state index contributed by atoms with van der Waals surface area (Å²) in [7, 11) is 7.17. The van der Waals surface area contributed by atoms with Crippen LogP contribution in [0, 0.1) is 5.82 Å². The van der Waals surface area contributed by atoms with Gasteiger partial charge in [0.25, 0.3) is 0 Å². The van der Waals surface area contributed by atoms with Crippen LogP contribution in [0.4, 0.5) is 4.39 Å². The lowest BCUT2D eigenvalue weighted by Crippen LogP contribution is -2.30. The first-order valence-corrected chi connectivity index (χ1v) is 4.77. The maximum absolute atomic E-state index is 13.4. The third-order valence-corrected chi connectivity index (χ3v) is 2.28. The molecule has 1 rings (SSSR count). The summed E-state index contributed by atoms with van der Waals surface area (Å²) >= 11 is 0. The summed E-state index contributed by atoms with van der Waals surface area (Å²) < 4.78 is 18.3. The van der Waals surface area contributed by atoms with Gasteiger partial charge >= 0.3 is 0 Å². The summed E-state index contributed by atoms with van der Waals surface area (Å²) in [5.74, 6) is -0.0653. The summed E-state index contributed by atoms with van der Waals surface area (Å²) in [5.41, 5.74) is 0.876. The van der Waals surface area contributed by atoms with Crippen molar-refractivity contribution >= 4 is 0 Å². The summed E-state index contributed by atoms with van der Waals surface area (Å²) in [5, 5.41) is 3.10. The van der Waals surface area contributed by atoms with E-state index in [1.807, 2.05) is 32.1 Å². The zero-order valence-electron chi connectivity index (χ0n) is 9.54. The minimum Gasteiger partial charge on any atom is -0.494 e. The molecule has 0 amide bonds. The van der Waals surface area contributed by atoms with E-state index in [1.54, 1.807) is 6.07 Å². The Balaban J connectivity index is 3.00. The van der Waals surface area contributed by atoms with Gasteiger partial charge in [0.1, 0.15) is 0 Å². The highest BCUT2D eigenvalue weighted by molar-refractivity contribution is 5.30. The van der Waals surface area contributed by atoms with E-state index < -0.39 is 0 Å². The van der Waals surface area contributed by atoms with E-state index in [2.05, 4.69) is 5.32 Å². The van der Waals surface area contributed by atoms with Crippen LogP contribution in [0.5, 0.6) is 5.75 Å². The van der Waals surface area contributed by atoms with Crippen LogP contribution in [0.25, 0.3) is 0 Å². The molecule has 84 valence electrons. The number of hydrogen-bond donors (Lipinski definition) is 1. The molecule has 0 radical (unpaired) electrons. The molecular weight excluding hydrogens is 195 g/mol. The minimum atomic E-state index is -0.336. The highest BCUT2D eigenvalue weighted by atomic mass is 19.1. The zero-order chi connectivity index (χ0) is 11.4. The van der Waals surface area contributed by atoms with Crippen molar-refractivity contribution in [1.82, 2.24) is 10.2 Å². The van der Waals surface area contributed by atoms with Crippen LogP contribution in [0.2, 0.25) is 0 Å². The summed E-state index contributed by atoms with van der Waals surface area (Å²) in [6, 6.07) is 4.97. The number of nitrogens with zero attached hydrogens (tertiary/aromatic N) is 1. The Morgan fingerprint density at radius 1 is 1.40 bits per heavy atom. The molecule has 0 spiro atoms. The van der Waals surface area contributed by atoms with E-state index in [-0.39, 0.29) is 17.7 Å². The molecule has 3 nitrogen and oxygen atoms in total. The van der Waals surface area contributed by atoms with Gasteiger partial charge in [0.2, 0.25) is 0 Å². The van der Waals surface area contributed by atoms with Crippen LogP contribution in [0.15, 0.2) is 18.2 Å². The molecule has 1 atom stereocenters. The lowest BCUT2D eigenvalue weighted by Gasteiger charge is -2.24. The molecule has 4 heteroatoms. The summed E-state index contributed by atoms with van der Waals surface area (Å²) in [6.07, 6.45) is 0.00501. The van der Waals surface area contributed by atoms with Crippen molar-refractivity contribution < 1.29 is 9.13 Å². The monoisotopic (exact) mass is 212 g/mol. The molecule has 0 heterocycles. The van der Waals surface area contributed by atoms with Crippen molar-refractivity contribution in [2.75, 3.05) is 28.3 Å². The second-order valence-corrected chi connectivity index (χ2v) is 3.55. The van der Waals surface area contributed by atoms with E-state index >= 15 is 0 Å². The number of hydrogen-bond acceptors (Lipinski definition) is 3. The molecule has 0 aromatic heterocycles. The summed E-state index contributed by atoms with van der Waals surface area (Å²) in [4.78, 5) is 1.97. The van der Waals surface area contributed by atoms with Crippen molar-refractivity contribution in [2.24, 2.45) is 0 Å². The molecule has 1 aromatic rings. The van der Waals surface area contributed by atoms with E-state index in [9.17, 15) is 4.39 Å². The molecule has 1 aromatic carbocycles. The third-order valence-electron chi connectivity index (χ3n) is 2.28. The van der Waals surface area contributed by atoms with E-state index in [0.29, 0.717) is 0 Å². The second kappa shape index (κ2) is 5.09. The predicted molar refractivity (Wildman–Crippen MR) is 58.4 cm³/mol. The number of halogens is 1. The van der Waals surface area contributed by atoms with E-state index in [1.165, 1.54) is 13.2 Å². The molecule has 0 saturated carbocycles. The normalized spacial score (nSPS) is 12.9.